The van der Waals surface area contributed by atoms with E-state index in [0.29, 0.717) is 6.92 Å². The number of hydrogen-bond donors (Lipinski definition) is 2. The van der Waals surface area contributed by atoms with E-state index in [1.165, 1.54) is 0 Å². The van der Waals surface area contributed by atoms with Crippen LogP contribution in [0.3, 0.4) is 0 Å². The van der Waals surface area contributed by atoms with Crippen LogP contribution < -0.4 is 11.1 Å². The van der Waals surface area contributed by atoms with Crippen molar-refractivity contribution in [3.05, 3.63) is 0 Å². The van der Waals surface area contributed by atoms with Crippen LogP contribution in [0.1, 0.15) is 6.92 Å². The maximum absolute atomic E-state index is 12.2. The molecule has 0 spiro atoms. The molecule has 1 atom stereocenters. The van der Waals surface area contributed by atoms with Gasteiger partial charge in [0.15, 0.2) is 5.54 Å². The molecule has 0 aromatic heterocycles. The van der Waals surface area contributed by atoms with Gasteiger partial charge >= 0.3 is 6.18 Å². The van der Waals surface area contributed by atoms with Gasteiger partial charge in [0.25, 0.3) is 6.43 Å². The molecule has 17 heavy (non-hydrogen) atoms. The lowest BCUT2D eigenvalue weighted by molar-refractivity contribution is -0.187. The molecular weight excluding hydrogens is 251 g/mol. The molecule has 0 bridgehead atoms. The number of halogens is 5. The van der Waals surface area contributed by atoms with E-state index in [4.69, 9.17) is 5.73 Å². The number of nitrogens with two attached hydrogens (primary N) is 1. The van der Waals surface area contributed by atoms with E-state index in [1.807, 2.05) is 5.32 Å². The molecule has 102 valence electrons. The standard InChI is InChI=1S/C8H13F5N2O2/c1-7(14,8(11,12)13)6(16)15-2-3-17-4-5(9)10/h5H,2-4,14H2,1H3,(H,15,16). The third-order valence-electron chi connectivity index (χ3n) is 1.84. The summed E-state index contributed by atoms with van der Waals surface area (Å²) in [4.78, 5) is 11.0. The minimum Gasteiger partial charge on any atom is -0.374 e. The quantitative estimate of drug-likeness (QED) is 0.547. The molecule has 4 nitrogen and oxygen atoms in total. The summed E-state index contributed by atoms with van der Waals surface area (Å²) in [6.45, 7) is -0.962. The first kappa shape index (κ1) is 16.0. The van der Waals surface area contributed by atoms with Crippen LogP contribution in [0, 0.1) is 0 Å². The summed E-state index contributed by atoms with van der Waals surface area (Å²) in [7, 11) is 0. The lowest BCUT2D eigenvalue weighted by Crippen LogP contribution is -2.61. The number of alkyl halides is 5. The Morgan fingerprint density at radius 2 is 1.94 bits per heavy atom. The SMILES string of the molecule is CC(N)(C(=O)NCCOCC(F)F)C(F)(F)F. The smallest absolute Gasteiger partial charge is 0.374 e. The molecule has 3 N–H and O–H groups in total. The fraction of sp³-hybridized carbons (Fsp3) is 0.875. The average molecular weight is 264 g/mol. The van der Waals surface area contributed by atoms with E-state index in [1.54, 1.807) is 0 Å². The summed E-state index contributed by atoms with van der Waals surface area (Å²) in [6, 6.07) is 0. The van der Waals surface area contributed by atoms with Crippen molar-refractivity contribution in [3.63, 3.8) is 0 Å². The van der Waals surface area contributed by atoms with Crippen molar-refractivity contribution < 1.29 is 31.5 Å². The minimum atomic E-state index is -4.89. The Bertz CT molecular complexity index is 255. The molecule has 0 aliphatic heterocycles. The molecule has 0 saturated heterocycles. The average Bonchev–Trinajstić information content (AvgIpc) is 2.14. The van der Waals surface area contributed by atoms with Gasteiger partial charge in [-0.2, -0.15) is 13.2 Å². The van der Waals surface area contributed by atoms with E-state index >= 15 is 0 Å². The molecule has 0 aromatic carbocycles. The molecule has 0 radical (unpaired) electrons. The van der Waals surface area contributed by atoms with Crippen molar-refractivity contribution >= 4 is 5.91 Å². The van der Waals surface area contributed by atoms with Crippen molar-refractivity contribution in [2.75, 3.05) is 19.8 Å². The van der Waals surface area contributed by atoms with Gasteiger partial charge in [0, 0.05) is 6.54 Å². The van der Waals surface area contributed by atoms with Gasteiger partial charge in [-0.15, -0.1) is 0 Å². The van der Waals surface area contributed by atoms with Gasteiger partial charge in [-0.05, 0) is 6.92 Å². The van der Waals surface area contributed by atoms with Gasteiger partial charge in [-0.25, -0.2) is 8.78 Å². The molecule has 0 fully saturated rings. The second-order valence-electron chi connectivity index (χ2n) is 3.42. The largest absolute Gasteiger partial charge is 0.415 e. The topological polar surface area (TPSA) is 64.4 Å². The number of ether oxygens (including phenoxy) is 1. The van der Waals surface area contributed by atoms with E-state index in [2.05, 4.69) is 4.74 Å². The van der Waals surface area contributed by atoms with Crippen LogP contribution in [0.2, 0.25) is 0 Å². The zero-order chi connectivity index (χ0) is 13.7. The Labute approximate surface area is 94.3 Å². The monoisotopic (exact) mass is 264 g/mol. The molecule has 0 heterocycles. The van der Waals surface area contributed by atoms with Crippen LogP contribution in [0.15, 0.2) is 0 Å². The number of rotatable bonds is 6. The van der Waals surface area contributed by atoms with Crippen molar-refractivity contribution in [2.45, 2.75) is 25.1 Å². The van der Waals surface area contributed by atoms with Crippen LogP contribution in [0.4, 0.5) is 22.0 Å². The first-order chi connectivity index (χ1) is 7.59. The van der Waals surface area contributed by atoms with Crippen molar-refractivity contribution in [3.8, 4) is 0 Å². The molecule has 0 rings (SSSR count). The summed E-state index contributed by atoms with van der Waals surface area (Å²) in [5.41, 5.74) is 1.78. The lowest BCUT2D eigenvalue weighted by Gasteiger charge is -2.26. The van der Waals surface area contributed by atoms with E-state index in [-0.39, 0.29) is 13.2 Å². The summed E-state index contributed by atoms with van der Waals surface area (Å²) in [5.74, 6) is -1.44. The van der Waals surface area contributed by atoms with Gasteiger partial charge in [-0.1, -0.05) is 0 Å². The first-order valence-electron chi connectivity index (χ1n) is 4.59. The summed E-state index contributed by atoms with van der Waals surface area (Å²) >= 11 is 0. The number of hydrogen-bond acceptors (Lipinski definition) is 3. The highest BCUT2D eigenvalue weighted by Crippen LogP contribution is 2.27. The maximum Gasteiger partial charge on any atom is 0.415 e. The summed E-state index contributed by atoms with van der Waals surface area (Å²) in [6.07, 6.45) is -7.55. The highest BCUT2D eigenvalue weighted by molar-refractivity contribution is 5.86. The van der Waals surface area contributed by atoms with Gasteiger partial charge < -0.3 is 15.8 Å². The number of nitrogens with one attached hydrogen (secondary N) is 1. The summed E-state index contributed by atoms with van der Waals surface area (Å²) < 4.78 is 64.3. The molecule has 0 aromatic rings. The Morgan fingerprint density at radius 1 is 1.41 bits per heavy atom. The molecule has 1 amide bonds. The van der Waals surface area contributed by atoms with Crippen LogP contribution >= 0.6 is 0 Å². The van der Waals surface area contributed by atoms with Gasteiger partial charge in [0.05, 0.1) is 6.61 Å². The normalized spacial score (nSPS) is 15.8. The third kappa shape index (κ3) is 5.26. The van der Waals surface area contributed by atoms with Crippen molar-refractivity contribution in [2.24, 2.45) is 5.73 Å². The Kier molecular flexibility index (Phi) is 5.76. The maximum atomic E-state index is 12.2. The fourth-order valence-corrected chi connectivity index (χ4v) is 0.721. The zero-order valence-corrected chi connectivity index (χ0v) is 8.98. The number of carbonyl (C=O) groups excluding carboxylic acids is 1. The predicted molar refractivity (Wildman–Crippen MR) is 48.5 cm³/mol. The van der Waals surface area contributed by atoms with Gasteiger partial charge in [0.2, 0.25) is 5.91 Å². The highest BCUT2D eigenvalue weighted by atomic mass is 19.4. The second-order valence-corrected chi connectivity index (χ2v) is 3.42. The van der Waals surface area contributed by atoms with E-state index in [9.17, 15) is 26.7 Å². The third-order valence-corrected chi connectivity index (χ3v) is 1.84. The van der Waals surface area contributed by atoms with Gasteiger partial charge in [0.1, 0.15) is 6.61 Å². The van der Waals surface area contributed by atoms with Crippen LogP contribution in [0.5, 0.6) is 0 Å². The zero-order valence-electron chi connectivity index (χ0n) is 8.98. The van der Waals surface area contributed by atoms with E-state index < -0.39 is 30.7 Å². The lowest BCUT2D eigenvalue weighted by atomic mass is 10.0. The highest BCUT2D eigenvalue weighted by Gasteiger charge is 2.53. The van der Waals surface area contributed by atoms with Crippen LogP contribution in [0.25, 0.3) is 0 Å². The van der Waals surface area contributed by atoms with Crippen LogP contribution in [-0.2, 0) is 9.53 Å². The summed E-state index contributed by atoms with van der Waals surface area (Å²) in [5, 5.41) is 1.85. The first-order valence-corrected chi connectivity index (χ1v) is 4.59. The molecule has 9 heteroatoms. The van der Waals surface area contributed by atoms with Crippen molar-refractivity contribution in [1.29, 1.82) is 0 Å². The molecule has 0 aliphatic rings. The Balaban J connectivity index is 3.95. The molecular formula is C8H13F5N2O2. The Morgan fingerprint density at radius 3 is 2.35 bits per heavy atom. The van der Waals surface area contributed by atoms with E-state index in [0.717, 1.165) is 0 Å². The molecule has 1 unspecified atom stereocenters. The molecule has 0 saturated carbocycles. The van der Waals surface area contributed by atoms with Crippen LogP contribution in [-0.4, -0.2) is 43.8 Å². The Hall–Kier alpha value is -0.960. The second kappa shape index (κ2) is 6.10. The fourth-order valence-electron chi connectivity index (χ4n) is 0.721. The van der Waals surface area contributed by atoms with Crippen molar-refractivity contribution in [1.82, 2.24) is 5.32 Å². The number of carbonyl (C=O) groups is 1. The minimum absolute atomic E-state index is 0.315. The molecule has 0 aliphatic carbocycles. The van der Waals surface area contributed by atoms with Gasteiger partial charge in [-0.3, -0.25) is 4.79 Å². The predicted octanol–water partition coefficient (Wildman–Crippen LogP) is 0.664. The number of amides is 1.